The van der Waals surface area contributed by atoms with E-state index in [9.17, 15) is 0 Å². The van der Waals surface area contributed by atoms with Gasteiger partial charge in [-0.25, -0.2) is 0 Å². The Morgan fingerprint density at radius 1 is 1.15 bits per heavy atom. The Morgan fingerprint density at radius 2 is 1.85 bits per heavy atom. The van der Waals surface area contributed by atoms with Crippen LogP contribution in [0.3, 0.4) is 0 Å². The molecule has 2 aromatic rings. The lowest BCUT2D eigenvalue weighted by Crippen LogP contribution is -2.00. The van der Waals surface area contributed by atoms with Crippen molar-refractivity contribution >= 4 is 15.9 Å². The lowest BCUT2D eigenvalue weighted by molar-refractivity contribution is 0.475. The third-order valence-corrected chi connectivity index (χ3v) is 4.31. The van der Waals surface area contributed by atoms with Crippen LogP contribution in [0.1, 0.15) is 37.3 Å². The highest BCUT2D eigenvalue weighted by Gasteiger charge is 2.08. The molecule has 0 amide bonds. The Balaban J connectivity index is 2.20. The number of benzene rings is 2. The third-order valence-electron chi connectivity index (χ3n) is 3.57. The zero-order valence-corrected chi connectivity index (χ0v) is 13.5. The summed E-state index contributed by atoms with van der Waals surface area (Å²) < 4.78 is 6.92. The van der Waals surface area contributed by atoms with Gasteiger partial charge in [0, 0.05) is 16.6 Å². The summed E-state index contributed by atoms with van der Waals surface area (Å²) in [5.74, 6) is 2.22. The topological polar surface area (TPSA) is 35.2 Å². The molecule has 20 heavy (non-hydrogen) atoms. The Kier molecular flexibility index (Phi) is 5.21. The highest BCUT2D eigenvalue weighted by molar-refractivity contribution is 9.10. The maximum absolute atomic E-state index is 5.94. The number of ether oxygens (including phenoxy) is 1. The lowest BCUT2D eigenvalue weighted by Gasteiger charge is -2.13. The zero-order chi connectivity index (χ0) is 14.5. The summed E-state index contributed by atoms with van der Waals surface area (Å²) in [6, 6.07) is 14.2. The maximum Gasteiger partial charge on any atom is 0.133 e. The SMILES string of the molecule is CCC(C)c1ccc(Oc2cccc(Br)c2CN)cc1. The smallest absolute Gasteiger partial charge is 0.133 e. The number of nitrogens with two attached hydrogens (primary N) is 1. The minimum Gasteiger partial charge on any atom is -0.457 e. The number of hydrogen-bond acceptors (Lipinski definition) is 2. The Bertz CT molecular complexity index is 566. The van der Waals surface area contributed by atoms with Crippen LogP contribution < -0.4 is 10.5 Å². The predicted octanol–water partition coefficient (Wildman–Crippen LogP) is 5.21. The van der Waals surface area contributed by atoms with Crippen molar-refractivity contribution < 1.29 is 4.74 Å². The highest BCUT2D eigenvalue weighted by atomic mass is 79.9. The van der Waals surface area contributed by atoms with E-state index in [4.69, 9.17) is 10.5 Å². The van der Waals surface area contributed by atoms with Gasteiger partial charge in [-0.15, -0.1) is 0 Å². The summed E-state index contributed by atoms with van der Waals surface area (Å²) in [6.45, 7) is 4.88. The van der Waals surface area contributed by atoms with Crippen molar-refractivity contribution in [1.29, 1.82) is 0 Å². The molecule has 0 aliphatic rings. The quantitative estimate of drug-likeness (QED) is 0.814. The van der Waals surface area contributed by atoms with Crippen molar-refractivity contribution in [2.75, 3.05) is 0 Å². The first-order valence-corrected chi connectivity index (χ1v) is 7.70. The number of hydrogen-bond donors (Lipinski definition) is 1. The van der Waals surface area contributed by atoms with Crippen molar-refractivity contribution in [2.45, 2.75) is 32.7 Å². The summed E-state index contributed by atoms with van der Waals surface area (Å²) in [5, 5.41) is 0. The van der Waals surface area contributed by atoms with Gasteiger partial charge in [-0.3, -0.25) is 0 Å². The molecular weight excluding hydrogens is 314 g/mol. The summed E-state index contributed by atoms with van der Waals surface area (Å²) in [5.41, 5.74) is 8.10. The molecule has 2 aromatic carbocycles. The van der Waals surface area contributed by atoms with Crippen LogP contribution in [0.15, 0.2) is 46.9 Å². The number of rotatable bonds is 5. The second-order valence-electron chi connectivity index (χ2n) is 4.90. The number of halogens is 1. The van der Waals surface area contributed by atoms with Crippen molar-refractivity contribution in [3.63, 3.8) is 0 Å². The van der Waals surface area contributed by atoms with Gasteiger partial charge in [0.25, 0.3) is 0 Å². The summed E-state index contributed by atoms with van der Waals surface area (Å²) >= 11 is 3.50. The van der Waals surface area contributed by atoms with E-state index >= 15 is 0 Å². The van der Waals surface area contributed by atoms with Gasteiger partial charge in [-0.1, -0.05) is 48.0 Å². The molecule has 106 valence electrons. The molecule has 0 fully saturated rings. The first kappa shape index (κ1) is 15.1. The molecule has 0 aliphatic carbocycles. The van der Waals surface area contributed by atoms with E-state index in [1.807, 2.05) is 30.3 Å². The van der Waals surface area contributed by atoms with E-state index in [2.05, 4.69) is 41.9 Å². The van der Waals surface area contributed by atoms with E-state index in [0.29, 0.717) is 12.5 Å². The molecular formula is C17H20BrNO. The molecule has 3 heteroatoms. The normalized spacial score (nSPS) is 12.2. The lowest BCUT2D eigenvalue weighted by atomic mass is 9.99. The fourth-order valence-corrected chi connectivity index (χ4v) is 2.57. The summed E-state index contributed by atoms with van der Waals surface area (Å²) in [7, 11) is 0. The summed E-state index contributed by atoms with van der Waals surface area (Å²) in [6.07, 6.45) is 1.14. The monoisotopic (exact) mass is 333 g/mol. The molecule has 0 saturated carbocycles. The van der Waals surface area contributed by atoms with E-state index < -0.39 is 0 Å². The molecule has 0 saturated heterocycles. The fourth-order valence-electron chi connectivity index (χ4n) is 2.06. The molecule has 1 atom stereocenters. The van der Waals surface area contributed by atoms with Crippen molar-refractivity contribution in [2.24, 2.45) is 5.73 Å². The fraction of sp³-hybridized carbons (Fsp3) is 0.294. The molecule has 0 radical (unpaired) electrons. The van der Waals surface area contributed by atoms with Gasteiger partial charge in [0.15, 0.2) is 0 Å². The van der Waals surface area contributed by atoms with Crippen LogP contribution >= 0.6 is 15.9 Å². The third kappa shape index (κ3) is 3.41. The second kappa shape index (κ2) is 6.91. The van der Waals surface area contributed by atoms with Gasteiger partial charge in [-0.2, -0.15) is 0 Å². The van der Waals surface area contributed by atoms with E-state index in [-0.39, 0.29) is 0 Å². The molecule has 0 aromatic heterocycles. The molecule has 0 heterocycles. The van der Waals surface area contributed by atoms with Crippen LogP contribution in [0.5, 0.6) is 11.5 Å². The van der Waals surface area contributed by atoms with Crippen LogP contribution in [0.25, 0.3) is 0 Å². The molecule has 0 bridgehead atoms. The van der Waals surface area contributed by atoms with E-state index in [1.165, 1.54) is 5.56 Å². The average molecular weight is 334 g/mol. The van der Waals surface area contributed by atoms with E-state index in [0.717, 1.165) is 28.0 Å². The van der Waals surface area contributed by atoms with Gasteiger partial charge in [0.05, 0.1) is 0 Å². The van der Waals surface area contributed by atoms with Crippen molar-refractivity contribution in [1.82, 2.24) is 0 Å². The Morgan fingerprint density at radius 3 is 2.45 bits per heavy atom. The van der Waals surface area contributed by atoms with Crippen LogP contribution in [0.2, 0.25) is 0 Å². The minimum atomic E-state index is 0.446. The first-order valence-electron chi connectivity index (χ1n) is 6.91. The largest absolute Gasteiger partial charge is 0.457 e. The molecule has 0 aliphatic heterocycles. The van der Waals surface area contributed by atoms with E-state index in [1.54, 1.807) is 0 Å². The maximum atomic E-state index is 5.94. The zero-order valence-electron chi connectivity index (χ0n) is 11.9. The van der Waals surface area contributed by atoms with Gasteiger partial charge in [-0.05, 0) is 42.2 Å². The van der Waals surface area contributed by atoms with Crippen molar-refractivity contribution in [3.05, 3.63) is 58.1 Å². The molecule has 1 unspecified atom stereocenters. The Hall–Kier alpha value is -1.32. The Labute approximate surface area is 129 Å². The first-order chi connectivity index (χ1) is 9.65. The standard InChI is InChI=1S/C17H20BrNO/c1-3-12(2)13-7-9-14(10-8-13)20-17-6-4-5-16(18)15(17)11-19/h4-10,12H,3,11,19H2,1-2H3. The van der Waals surface area contributed by atoms with Gasteiger partial charge in [0.2, 0.25) is 0 Å². The van der Waals surface area contributed by atoms with Crippen LogP contribution in [0, 0.1) is 0 Å². The highest BCUT2D eigenvalue weighted by Crippen LogP contribution is 2.31. The second-order valence-corrected chi connectivity index (χ2v) is 5.76. The van der Waals surface area contributed by atoms with Crippen molar-refractivity contribution in [3.8, 4) is 11.5 Å². The predicted molar refractivity (Wildman–Crippen MR) is 87.3 cm³/mol. The molecule has 2 N–H and O–H groups in total. The molecule has 2 rings (SSSR count). The van der Waals surface area contributed by atoms with Gasteiger partial charge < -0.3 is 10.5 Å². The van der Waals surface area contributed by atoms with Crippen LogP contribution in [-0.2, 0) is 6.54 Å². The van der Waals surface area contributed by atoms with Crippen LogP contribution in [-0.4, -0.2) is 0 Å². The molecule has 0 spiro atoms. The van der Waals surface area contributed by atoms with Gasteiger partial charge >= 0.3 is 0 Å². The van der Waals surface area contributed by atoms with Gasteiger partial charge in [0.1, 0.15) is 11.5 Å². The molecule has 2 nitrogen and oxygen atoms in total. The minimum absolute atomic E-state index is 0.446. The summed E-state index contributed by atoms with van der Waals surface area (Å²) in [4.78, 5) is 0. The average Bonchev–Trinajstić information content (AvgIpc) is 2.47. The van der Waals surface area contributed by atoms with Crippen LogP contribution in [0.4, 0.5) is 0 Å².